The van der Waals surface area contributed by atoms with E-state index in [1.807, 2.05) is 30.5 Å². The van der Waals surface area contributed by atoms with Crippen LogP contribution in [0.1, 0.15) is 16.7 Å². The van der Waals surface area contributed by atoms with Crippen molar-refractivity contribution in [3.63, 3.8) is 0 Å². The molecule has 0 spiro atoms. The minimum absolute atomic E-state index is 0.321. The number of H-pyrrole nitrogens is 1. The number of fused-ring (bicyclic) bond motifs is 1. The first-order valence-electron chi connectivity index (χ1n) is 6.67. The maximum atomic E-state index is 13.7. The second-order valence-electron chi connectivity index (χ2n) is 5.00. The first-order valence-corrected chi connectivity index (χ1v) is 6.67. The van der Waals surface area contributed by atoms with E-state index in [1.54, 1.807) is 13.0 Å². The highest BCUT2D eigenvalue weighted by Gasteiger charge is 2.07. The second-order valence-corrected chi connectivity index (χ2v) is 5.00. The predicted octanol–water partition coefficient (Wildman–Crippen LogP) is 4.10. The molecule has 0 aliphatic rings. The van der Waals surface area contributed by atoms with Crippen LogP contribution >= 0.6 is 0 Å². The van der Waals surface area contributed by atoms with Gasteiger partial charge in [-0.15, -0.1) is 0 Å². The SMILES string of the molecule is Cc1c(F)cc(C#N)cc1NCc1ccc2[nH]ccc2c1. The lowest BCUT2D eigenvalue weighted by molar-refractivity contribution is 0.618. The Bertz CT molecular complexity index is 843. The lowest BCUT2D eigenvalue weighted by Crippen LogP contribution is -2.03. The maximum absolute atomic E-state index is 13.7. The molecule has 4 heteroatoms. The highest BCUT2D eigenvalue weighted by molar-refractivity contribution is 5.80. The van der Waals surface area contributed by atoms with Gasteiger partial charge in [-0.2, -0.15) is 5.26 Å². The number of hydrogen-bond donors (Lipinski definition) is 2. The van der Waals surface area contributed by atoms with Crippen molar-refractivity contribution in [3.8, 4) is 6.07 Å². The van der Waals surface area contributed by atoms with Crippen LogP contribution in [0.5, 0.6) is 0 Å². The molecular formula is C17H14FN3. The summed E-state index contributed by atoms with van der Waals surface area (Å²) in [6, 6.07) is 13.0. The number of hydrogen-bond acceptors (Lipinski definition) is 2. The molecule has 3 aromatic rings. The highest BCUT2D eigenvalue weighted by atomic mass is 19.1. The van der Waals surface area contributed by atoms with Crippen LogP contribution in [0.3, 0.4) is 0 Å². The molecule has 0 atom stereocenters. The molecule has 0 aliphatic carbocycles. The molecule has 0 fully saturated rings. The van der Waals surface area contributed by atoms with E-state index in [4.69, 9.17) is 5.26 Å². The fourth-order valence-electron chi connectivity index (χ4n) is 2.34. The second kappa shape index (κ2) is 5.29. The summed E-state index contributed by atoms with van der Waals surface area (Å²) >= 11 is 0. The standard InChI is InChI=1S/C17H14FN3/c1-11-15(18)7-13(9-19)8-17(11)21-10-12-2-3-16-14(6-12)4-5-20-16/h2-8,20-21H,10H2,1H3. The average molecular weight is 279 g/mol. The van der Waals surface area contributed by atoms with Gasteiger partial charge in [0.1, 0.15) is 5.82 Å². The molecule has 2 N–H and O–H groups in total. The van der Waals surface area contributed by atoms with Crippen LogP contribution in [-0.4, -0.2) is 4.98 Å². The molecule has 0 bridgehead atoms. The fraction of sp³-hybridized carbons (Fsp3) is 0.118. The Balaban J connectivity index is 1.84. The monoisotopic (exact) mass is 279 g/mol. The normalized spacial score (nSPS) is 10.5. The van der Waals surface area contributed by atoms with E-state index in [2.05, 4.69) is 16.4 Å². The van der Waals surface area contributed by atoms with Gasteiger partial charge in [0, 0.05) is 29.5 Å². The number of nitriles is 1. The van der Waals surface area contributed by atoms with E-state index in [0.717, 1.165) is 16.5 Å². The molecule has 2 aromatic carbocycles. The molecule has 0 amide bonds. The number of benzene rings is 2. The van der Waals surface area contributed by atoms with Gasteiger partial charge in [0.15, 0.2) is 0 Å². The molecule has 1 heterocycles. The summed E-state index contributed by atoms with van der Waals surface area (Å²) in [6.45, 7) is 2.28. The molecular weight excluding hydrogens is 265 g/mol. The Labute approximate surface area is 122 Å². The van der Waals surface area contributed by atoms with Gasteiger partial charge in [-0.25, -0.2) is 4.39 Å². The van der Waals surface area contributed by atoms with Gasteiger partial charge in [-0.3, -0.25) is 0 Å². The summed E-state index contributed by atoms with van der Waals surface area (Å²) in [5, 5.41) is 13.3. The van der Waals surface area contributed by atoms with Crippen molar-refractivity contribution < 1.29 is 4.39 Å². The Morgan fingerprint density at radius 2 is 2.10 bits per heavy atom. The summed E-state index contributed by atoms with van der Waals surface area (Å²) in [4.78, 5) is 3.15. The van der Waals surface area contributed by atoms with Crippen molar-refractivity contribution >= 4 is 16.6 Å². The zero-order chi connectivity index (χ0) is 14.8. The van der Waals surface area contributed by atoms with Crippen LogP contribution in [-0.2, 0) is 6.54 Å². The highest BCUT2D eigenvalue weighted by Crippen LogP contribution is 2.22. The van der Waals surface area contributed by atoms with Gasteiger partial charge < -0.3 is 10.3 Å². The van der Waals surface area contributed by atoms with E-state index < -0.39 is 0 Å². The maximum Gasteiger partial charge on any atom is 0.129 e. The first kappa shape index (κ1) is 13.2. The van der Waals surface area contributed by atoms with Crippen LogP contribution in [0.25, 0.3) is 10.9 Å². The summed E-state index contributed by atoms with van der Waals surface area (Å²) in [5.41, 5.74) is 3.69. The number of aromatic amines is 1. The minimum Gasteiger partial charge on any atom is -0.381 e. The molecule has 0 aliphatic heterocycles. The smallest absolute Gasteiger partial charge is 0.129 e. The van der Waals surface area contributed by atoms with E-state index in [1.165, 1.54) is 6.07 Å². The number of aromatic nitrogens is 1. The molecule has 0 radical (unpaired) electrons. The number of anilines is 1. The summed E-state index contributed by atoms with van der Waals surface area (Å²) in [6.07, 6.45) is 1.90. The fourth-order valence-corrected chi connectivity index (χ4v) is 2.34. The van der Waals surface area contributed by atoms with Crippen molar-refractivity contribution in [2.45, 2.75) is 13.5 Å². The van der Waals surface area contributed by atoms with E-state index >= 15 is 0 Å². The van der Waals surface area contributed by atoms with Gasteiger partial charge in [0.25, 0.3) is 0 Å². The summed E-state index contributed by atoms with van der Waals surface area (Å²) < 4.78 is 13.7. The first-order chi connectivity index (χ1) is 10.2. The lowest BCUT2D eigenvalue weighted by atomic mass is 10.1. The van der Waals surface area contributed by atoms with Gasteiger partial charge in [-0.1, -0.05) is 6.07 Å². The van der Waals surface area contributed by atoms with Crippen LogP contribution < -0.4 is 5.32 Å². The van der Waals surface area contributed by atoms with Gasteiger partial charge in [0.05, 0.1) is 11.6 Å². The van der Waals surface area contributed by atoms with Crippen molar-refractivity contribution in [2.75, 3.05) is 5.32 Å². The van der Waals surface area contributed by atoms with E-state index in [0.29, 0.717) is 23.4 Å². The molecule has 1 aromatic heterocycles. The Kier molecular flexibility index (Phi) is 3.33. The zero-order valence-corrected chi connectivity index (χ0v) is 11.6. The third kappa shape index (κ3) is 2.59. The molecule has 3 rings (SSSR count). The van der Waals surface area contributed by atoms with Gasteiger partial charge in [-0.05, 0) is 48.2 Å². The minimum atomic E-state index is -0.363. The molecule has 0 unspecified atom stereocenters. The number of halogens is 1. The van der Waals surface area contributed by atoms with Crippen molar-refractivity contribution in [1.29, 1.82) is 5.26 Å². The zero-order valence-electron chi connectivity index (χ0n) is 11.6. The van der Waals surface area contributed by atoms with Crippen LogP contribution in [0.15, 0.2) is 42.6 Å². The lowest BCUT2D eigenvalue weighted by Gasteiger charge is -2.11. The third-order valence-electron chi connectivity index (χ3n) is 3.57. The topological polar surface area (TPSA) is 51.6 Å². The quantitative estimate of drug-likeness (QED) is 0.758. The van der Waals surface area contributed by atoms with Gasteiger partial charge in [0.2, 0.25) is 0 Å². The van der Waals surface area contributed by atoms with Crippen molar-refractivity contribution in [1.82, 2.24) is 4.98 Å². The predicted molar refractivity (Wildman–Crippen MR) is 81.5 cm³/mol. The number of rotatable bonds is 3. The van der Waals surface area contributed by atoms with Crippen LogP contribution in [0.4, 0.5) is 10.1 Å². The third-order valence-corrected chi connectivity index (χ3v) is 3.57. The Morgan fingerprint density at radius 3 is 2.90 bits per heavy atom. The summed E-state index contributed by atoms with van der Waals surface area (Å²) in [5.74, 6) is -0.363. The number of nitrogens with zero attached hydrogens (tertiary/aromatic N) is 1. The summed E-state index contributed by atoms with van der Waals surface area (Å²) in [7, 11) is 0. The molecule has 104 valence electrons. The Morgan fingerprint density at radius 1 is 1.24 bits per heavy atom. The average Bonchev–Trinajstić information content (AvgIpc) is 2.96. The van der Waals surface area contributed by atoms with E-state index in [9.17, 15) is 4.39 Å². The van der Waals surface area contributed by atoms with E-state index in [-0.39, 0.29) is 5.82 Å². The number of nitrogens with one attached hydrogen (secondary N) is 2. The molecule has 3 nitrogen and oxygen atoms in total. The van der Waals surface area contributed by atoms with Crippen molar-refractivity contribution in [2.24, 2.45) is 0 Å². The largest absolute Gasteiger partial charge is 0.381 e. The molecule has 21 heavy (non-hydrogen) atoms. The molecule has 0 saturated heterocycles. The van der Waals surface area contributed by atoms with Crippen LogP contribution in [0.2, 0.25) is 0 Å². The van der Waals surface area contributed by atoms with Crippen LogP contribution in [0, 0.1) is 24.1 Å². The Hall–Kier alpha value is -2.80. The van der Waals surface area contributed by atoms with Gasteiger partial charge >= 0.3 is 0 Å². The van der Waals surface area contributed by atoms with Crippen molar-refractivity contribution in [3.05, 3.63) is 65.1 Å². The molecule has 0 saturated carbocycles.